The molecule has 1 amide bonds. The van der Waals surface area contributed by atoms with Crippen LogP contribution in [0.15, 0.2) is 17.1 Å². The zero-order valence-corrected chi connectivity index (χ0v) is 8.60. The lowest BCUT2D eigenvalue weighted by atomic mass is 10.1. The summed E-state index contributed by atoms with van der Waals surface area (Å²) in [4.78, 5) is 14.4. The van der Waals surface area contributed by atoms with Gasteiger partial charge in [-0.1, -0.05) is 0 Å². The number of isothiocyanates is 1. The summed E-state index contributed by atoms with van der Waals surface area (Å²) >= 11 is 4.38. The molecule has 0 atom stereocenters. The highest BCUT2D eigenvalue weighted by molar-refractivity contribution is 7.78. The Morgan fingerprint density at radius 3 is 2.80 bits per heavy atom. The van der Waals surface area contributed by atoms with Crippen LogP contribution in [0, 0.1) is 5.82 Å². The summed E-state index contributed by atoms with van der Waals surface area (Å²) in [6, 6.07) is 2.26. The van der Waals surface area contributed by atoms with Crippen molar-refractivity contribution in [2.75, 3.05) is 7.11 Å². The van der Waals surface area contributed by atoms with E-state index >= 15 is 0 Å². The number of hydrogen-bond donors (Lipinski definition) is 1. The molecule has 0 aliphatic rings. The molecule has 0 radical (unpaired) electrons. The van der Waals surface area contributed by atoms with Crippen molar-refractivity contribution < 1.29 is 13.9 Å². The summed E-state index contributed by atoms with van der Waals surface area (Å²) in [6.07, 6.45) is 0. The van der Waals surface area contributed by atoms with Crippen LogP contribution in [0.2, 0.25) is 0 Å². The van der Waals surface area contributed by atoms with Crippen LogP contribution in [-0.4, -0.2) is 18.2 Å². The van der Waals surface area contributed by atoms with Crippen LogP contribution < -0.4 is 10.5 Å². The number of primary amides is 1. The molecule has 15 heavy (non-hydrogen) atoms. The molecule has 0 aromatic heterocycles. The van der Waals surface area contributed by atoms with E-state index in [-0.39, 0.29) is 17.0 Å². The second-order valence-electron chi connectivity index (χ2n) is 2.58. The maximum atomic E-state index is 13.3. The Morgan fingerprint density at radius 1 is 1.67 bits per heavy atom. The molecule has 0 aliphatic carbocycles. The van der Waals surface area contributed by atoms with Crippen molar-refractivity contribution in [1.29, 1.82) is 0 Å². The Balaban J connectivity index is 3.44. The van der Waals surface area contributed by atoms with E-state index in [2.05, 4.69) is 22.4 Å². The number of rotatable bonds is 3. The van der Waals surface area contributed by atoms with E-state index in [1.165, 1.54) is 13.2 Å². The van der Waals surface area contributed by atoms with Gasteiger partial charge in [-0.05, 0) is 24.4 Å². The van der Waals surface area contributed by atoms with Gasteiger partial charge in [0.05, 0.1) is 12.3 Å². The summed E-state index contributed by atoms with van der Waals surface area (Å²) in [5.74, 6) is -1.58. The minimum atomic E-state index is -0.752. The summed E-state index contributed by atoms with van der Waals surface area (Å²) in [5, 5.41) is 2.06. The normalized spacial score (nSPS) is 9.20. The summed E-state index contributed by atoms with van der Waals surface area (Å²) in [6.45, 7) is 0. The quantitative estimate of drug-likeness (QED) is 0.629. The Bertz CT molecular complexity index is 456. The van der Waals surface area contributed by atoms with Gasteiger partial charge in [0, 0.05) is 5.56 Å². The van der Waals surface area contributed by atoms with E-state index in [1.54, 1.807) is 0 Å². The van der Waals surface area contributed by atoms with Crippen molar-refractivity contribution >= 4 is 29.0 Å². The maximum absolute atomic E-state index is 13.3. The number of carbonyl (C=O) groups excluding carboxylic acids is 1. The molecule has 6 heteroatoms. The molecule has 0 spiro atoms. The second-order valence-corrected chi connectivity index (χ2v) is 2.76. The first-order chi connectivity index (χ1) is 7.10. The average molecular weight is 226 g/mol. The lowest BCUT2D eigenvalue weighted by Crippen LogP contribution is -2.11. The first kappa shape index (κ1) is 11.3. The van der Waals surface area contributed by atoms with Crippen molar-refractivity contribution in [2.24, 2.45) is 10.7 Å². The van der Waals surface area contributed by atoms with Crippen molar-refractivity contribution in [3.63, 3.8) is 0 Å². The number of aliphatic imine (C=N–C) groups is 1. The van der Waals surface area contributed by atoms with E-state index in [4.69, 9.17) is 10.5 Å². The predicted molar refractivity (Wildman–Crippen MR) is 56.2 cm³/mol. The molecule has 0 aliphatic heterocycles. The van der Waals surface area contributed by atoms with Gasteiger partial charge >= 0.3 is 0 Å². The van der Waals surface area contributed by atoms with Crippen LogP contribution in [0.25, 0.3) is 0 Å². The Hall–Kier alpha value is -1.78. The Labute approximate surface area is 90.6 Å². The van der Waals surface area contributed by atoms with E-state index < -0.39 is 11.7 Å². The Morgan fingerprint density at radius 2 is 2.33 bits per heavy atom. The SMILES string of the molecule is COc1c(F)cc(C(N)=O)cc1N=C=S. The lowest BCUT2D eigenvalue weighted by molar-refractivity contribution is 0.1000. The monoisotopic (exact) mass is 226 g/mol. The highest BCUT2D eigenvalue weighted by Crippen LogP contribution is 2.31. The van der Waals surface area contributed by atoms with Crippen LogP contribution in [0.3, 0.4) is 0 Å². The number of thiocarbonyl (C=S) groups is 1. The van der Waals surface area contributed by atoms with Crippen molar-refractivity contribution in [2.45, 2.75) is 0 Å². The molecule has 0 heterocycles. The number of nitrogens with zero attached hydrogens (tertiary/aromatic N) is 1. The van der Waals surface area contributed by atoms with Crippen LogP contribution in [0.5, 0.6) is 5.75 Å². The molecule has 1 aromatic carbocycles. The third kappa shape index (κ3) is 2.37. The van der Waals surface area contributed by atoms with Gasteiger partial charge in [0.25, 0.3) is 0 Å². The van der Waals surface area contributed by atoms with Gasteiger partial charge in [0.15, 0.2) is 11.6 Å². The van der Waals surface area contributed by atoms with Gasteiger partial charge in [-0.3, -0.25) is 4.79 Å². The highest BCUT2D eigenvalue weighted by Gasteiger charge is 2.13. The fraction of sp³-hybridized carbons (Fsp3) is 0.111. The molecule has 4 nitrogen and oxygen atoms in total. The molecule has 0 unspecified atom stereocenters. The maximum Gasteiger partial charge on any atom is 0.248 e. The van der Waals surface area contributed by atoms with Crippen LogP contribution in [0.4, 0.5) is 10.1 Å². The predicted octanol–water partition coefficient (Wildman–Crippen LogP) is 1.67. The topological polar surface area (TPSA) is 64.7 Å². The van der Waals surface area contributed by atoms with Gasteiger partial charge in [0.1, 0.15) is 5.69 Å². The van der Waals surface area contributed by atoms with Crippen molar-refractivity contribution in [3.8, 4) is 5.75 Å². The summed E-state index contributed by atoms with van der Waals surface area (Å²) < 4.78 is 18.1. The van der Waals surface area contributed by atoms with Crippen molar-refractivity contribution in [3.05, 3.63) is 23.5 Å². The highest BCUT2D eigenvalue weighted by atomic mass is 32.1. The zero-order valence-electron chi connectivity index (χ0n) is 7.78. The minimum Gasteiger partial charge on any atom is -0.491 e. The molecule has 0 fully saturated rings. The molecule has 78 valence electrons. The van der Waals surface area contributed by atoms with E-state index in [0.717, 1.165) is 6.07 Å². The molecule has 0 bridgehead atoms. The number of carbonyl (C=O) groups is 1. The molecular weight excluding hydrogens is 219 g/mol. The van der Waals surface area contributed by atoms with Gasteiger partial charge in [0.2, 0.25) is 5.91 Å². The van der Waals surface area contributed by atoms with Gasteiger partial charge < -0.3 is 10.5 Å². The van der Waals surface area contributed by atoms with Crippen LogP contribution in [0.1, 0.15) is 10.4 Å². The van der Waals surface area contributed by atoms with Crippen molar-refractivity contribution in [1.82, 2.24) is 0 Å². The zero-order chi connectivity index (χ0) is 11.4. The van der Waals surface area contributed by atoms with E-state index in [9.17, 15) is 9.18 Å². The van der Waals surface area contributed by atoms with Crippen LogP contribution in [-0.2, 0) is 0 Å². The summed E-state index contributed by atoms with van der Waals surface area (Å²) in [7, 11) is 1.28. The second kappa shape index (κ2) is 4.63. The standard InChI is InChI=1S/C9H7FN2O2S/c1-14-8-6(10)2-5(9(11)13)3-7(8)12-4-15/h2-3H,1H3,(H2,11,13). The third-order valence-electron chi connectivity index (χ3n) is 1.68. The molecule has 0 saturated heterocycles. The number of hydrogen-bond acceptors (Lipinski definition) is 4. The fourth-order valence-electron chi connectivity index (χ4n) is 1.06. The number of methoxy groups -OCH3 is 1. The number of halogens is 1. The molecular formula is C9H7FN2O2S. The third-order valence-corrected chi connectivity index (χ3v) is 1.77. The lowest BCUT2D eigenvalue weighted by Gasteiger charge is -2.06. The minimum absolute atomic E-state index is 0.00250. The van der Waals surface area contributed by atoms with E-state index in [1.807, 2.05) is 0 Å². The number of nitrogens with two attached hydrogens (primary N) is 1. The number of amides is 1. The number of benzene rings is 1. The fourth-order valence-corrected chi connectivity index (χ4v) is 1.15. The molecule has 1 rings (SSSR count). The van der Waals surface area contributed by atoms with Gasteiger partial charge in [-0.15, -0.1) is 0 Å². The molecule has 0 saturated carbocycles. The summed E-state index contributed by atoms with van der Waals surface area (Å²) in [5.41, 5.74) is 5.09. The molecule has 2 N–H and O–H groups in total. The largest absolute Gasteiger partial charge is 0.491 e. The van der Waals surface area contributed by atoms with Crippen LogP contribution >= 0.6 is 12.2 Å². The van der Waals surface area contributed by atoms with E-state index in [0.29, 0.717) is 0 Å². The average Bonchev–Trinajstić information content (AvgIpc) is 2.17. The Kier molecular flexibility index (Phi) is 3.49. The smallest absolute Gasteiger partial charge is 0.248 e. The van der Waals surface area contributed by atoms with Gasteiger partial charge in [-0.2, -0.15) is 4.99 Å². The van der Waals surface area contributed by atoms with Gasteiger partial charge in [-0.25, -0.2) is 4.39 Å². The first-order valence-corrected chi connectivity index (χ1v) is 4.26. The number of ether oxygens (including phenoxy) is 1. The molecule has 1 aromatic rings. The first-order valence-electron chi connectivity index (χ1n) is 3.85.